The summed E-state index contributed by atoms with van der Waals surface area (Å²) in [4.78, 5) is 10.9. The molecule has 3 nitrogen and oxygen atoms in total. The first-order valence-corrected chi connectivity index (χ1v) is 4.20. The zero-order valence-electron chi connectivity index (χ0n) is 8.04. The van der Waals surface area contributed by atoms with Crippen LogP contribution >= 0.6 is 0 Å². The molecule has 0 unspecified atom stereocenters. The maximum absolute atomic E-state index is 12.9. The molecule has 1 N–H and O–H groups in total. The Labute approximate surface area is 89.5 Å². The molecule has 6 heteroatoms. The first-order valence-electron chi connectivity index (χ1n) is 4.20. The normalized spacial score (nSPS) is 10.0. The van der Waals surface area contributed by atoms with Gasteiger partial charge in [-0.1, -0.05) is 6.58 Å². The molecule has 0 saturated carbocycles. The van der Waals surface area contributed by atoms with Crippen LogP contribution in [0.15, 0.2) is 30.9 Å². The van der Waals surface area contributed by atoms with Crippen molar-refractivity contribution < 1.29 is 22.7 Å². The number of carbonyl (C=O) groups is 1. The molecule has 0 fully saturated rings. The van der Waals surface area contributed by atoms with Gasteiger partial charge in [-0.05, 0) is 12.1 Å². The Bertz CT molecular complexity index is 407. The largest absolute Gasteiger partial charge is 0.435 e. The summed E-state index contributed by atoms with van der Waals surface area (Å²) in [5.74, 6) is -1.74. The predicted molar refractivity (Wildman–Crippen MR) is 51.9 cm³/mol. The number of anilines is 1. The van der Waals surface area contributed by atoms with E-state index < -0.39 is 18.3 Å². The van der Waals surface area contributed by atoms with Crippen LogP contribution in [0.4, 0.5) is 18.9 Å². The van der Waals surface area contributed by atoms with Gasteiger partial charge in [0.05, 0.1) is 0 Å². The van der Waals surface area contributed by atoms with Crippen LogP contribution in [0.1, 0.15) is 0 Å². The van der Waals surface area contributed by atoms with E-state index in [9.17, 15) is 18.0 Å². The molecule has 1 amide bonds. The Morgan fingerprint density at radius 1 is 1.44 bits per heavy atom. The van der Waals surface area contributed by atoms with Gasteiger partial charge in [-0.25, -0.2) is 4.39 Å². The highest BCUT2D eigenvalue weighted by Gasteiger charge is 2.08. The van der Waals surface area contributed by atoms with Crippen molar-refractivity contribution in [1.29, 1.82) is 0 Å². The second-order valence-corrected chi connectivity index (χ2v) is 2.75. The molecule has 0 aromatic heterocycles. The fourth-order valence-corrected chi connectivity index (χ4v) is 0.999. The van der Waals surface area contributed by atoms with Crippen LogP contribution in [0, 0.1) is 5.82 Å². The number of nitrogens with one attached hydrogen (secondary N) is 1. The number of halogens is 3. The molecule has 0 bridgehead atoms. The number of alkyl halides is 2. The lowest BCUT2D eigenvalue weighted by molar-refractivity contribution is -0.111. The second kappa shape index (κ2) is 5.20. The lowest BCUT2D eigenvalue weighted by Gasteiger charge is -2.07. The molecule has 16 heavy (non-hydrogen) atoms. The first-order chi connectivity index (χ1) is 7.51. The second-order valence-electron chi connectivity index (χ2n) is 2.75. The predicted octanol–water partition coefficient (Wildman–Crippen LogP) is 2.55. The third-order valence-electron chi connectivity index (χ3n) is 1.55. The average molecular weight is 231 g/mol. The van der Waals surface area contributed by atoms with E-state index in [4.69, 9.17) is 0 Å². The van der Waals surface area contributed by atoms with Gasteiger partial charge in [-0.2, -0.15) is 8.78 Å². The molecule has 0 saturated heterocycles. The summed E-state index contributed by atoms with van der Waals surface area (Å²) in [5.41, 5.74) is 0.0144. The molecule has 0 aliphatic heterocycles. The van der Waals surface area contributed by atoms with Gasteiger partial charge in [0.15, 0.2) is 0 Å². The molecule has 0 aliphatic rings. The maximum Gasteiger partial charge on any atom is 0.387 e. The number of carbonyl (C=O) groups excluding carboxylic acids is 1. The lowest BCUT2D eigenvalue weighted by Crippen LogP contribution is -2.08. The highest BCUT2D eigenvalue weighted by Crippen LogP contribution is 2.21. The molecule has 0 radical (unpaired) electrons. The number of rotatable bonds is 4. The van der Waals surface area contributed by atoms with Crippen LogP contribution in [0.25, 0.3) is 0 Å². The number of hydrogen-bond donors (Lipinski definition) is 1. The van der Waals surface area contributed by atoms with Crippen molar-refractivity contribution in [3.8, 4) is 5.75 Å². The number of ether oxygens (including phenoxy) is 1. The summed E-state index contributed by atoms with van der Waals surface area (Å²) in [6.07, 6.45) is 0.971. The third-order valence-corrected chi connectivity index (χ3v) is 1.55. The summed E-state index contributed by atoms with van der Waals surface area (Å²) in [5, 5.41) is 2.22. The summed E-state index contributed by atoms with van der Waals surface area (Å²) >= 11 is 0. The van der Waals surface area contributed by atoms with E-state index in [1.807, 2.05) is 0 Å². The minimum Gasteiger partial charge on any atom is -0.435 e. The van der Waals surface area contributed by atoms with E-state index in [-0.39, 0.29) is 11.4 Å². The smallest absolute Gasteiger partial charge is 0.387 e. The molecule has 0 heterocycles. The lowest BCUT2D eigenvalue weighted by atomic mass is 10.3. The zero-order valence-corrected chi connectivity index (χ0v) is 8.04. The van der Waals surface area contributed by atoms with Gasteiger partial charge in [0.2, 0.25) is 5.91 Å². The van der Waals surface area contributed by atoms with Gasteiger partial charge in [0.25, 0.3) is 0 Å². The van der Waals surface area contributed by atoms with Crippen LogP contribution in [0.5, 0.6) is 5.75 Å². The van der Waals surface area contributed by atoms with Crippen LogP contribution in [-0.2, 0) is 4.79 Å². The zero-order chi connectivity index (χ0) is 12.1. The van der Waals surface area contributed by atoms with Crippen molar-refractivity contribution in [2.45, 2.75) is 6.61 Å². The Balaban J connectivity index is 2.89. The monoisotopic (exact) mass is 231 g/mol. The fourth-order valence-electron chi connectivity index (χ4n) is 0.999. The summed E-state index contributed by atoms with van der Waals surface area (Å²) in [6, 6.07) is 2.84. The minimum absolute atomic E-state index is 0.0144. The summed E-state index contributed by atoms with van der Waals surface area (Å²) < 4.78 is 40.7. The van der Waals surface area contributed by atoms with Gasteiger partial charge < -0.3 is 10.1 Å². The Morgan fingerprint density at radius 3 is 2.69 bits per heavy atom. The molecule has 1 aromatic rings. The van der Waals surface area contributed by atoms with E-state index in [1.165, 1.54) is 0 Å². The highest BCUT2D eigenvalue weighted by atomic mass is 19.3. The van der Waals surface area contributed by atoms with Crippen molar-refractivity contribution in [1.82, 2.24) is 0 Å². The minimum atomic E-state index is -3.05. The standard InChI is InChI=1S/C10H8F3NO2/c1-2-9(15)14-7-3-6(11)4-8(5-7)16-10(12)13/h2-5,10H,1H2,(H,14,15). The Kier molecular flexibility index (Phi) is 3.93. The van der Waals surface area contributed by atoms with Gasteiger partial charge in [-0.3, -0.25) is 4.79 Å². The van der Waals surface area contributed by atoms with Crippen LogP contribution < -0.4 is 10.1 Å². The Morgan fingerprint density at radius 2 is 2.12 bits per heavy atom. The van der Waals surface area contributed by atoms with Crippen LogP contribution in [0.2, 0.25) is 0 Å². The molecule has 0 atom stereocenters. The van der Waals surface area contributed by atoms with Crippen LogP contribution in [-0.4, -0.2) is 12.5 Å². The number of amides is 1. The van der Waals surface area contributed by atoms with Crippen molar-refractivity contribution in [2.75, 3.05) is 5.32 Å². The van der Waals surface area contributed by atoms with E-state index in [1.54, 1.807) is 0 Å². The quantitative estimate of drug-likeness (QED) is 0.808. The number of hydrogen-bond acceptors (Lipinski definition) is 2. The van der Waals surface area contributed by atoms with Gasteiger partial charge in [0.1, 0.15) is 11.6 Å². The highest BCUT2D eigenvalue weighted by molar-refractivity contribution is 5.98. The molecule has 0 aliphatic carbocycles. The van der Waals surface area contributed by atoms with E-state index >= 15 is 0 Å². The van der Waals surface area contributed by atoms with E-state index in [2.05, 4.69) is 16.6 Å². The molecular weight excluding hydrogens is 223 g/mol. The third kappa shape index (κ3) is 3.64. The topological polar surface area (TPSA) is 38.3 Å². The number of benzene rings is 1. The van der Waals surface area contributed by atoms with Crippen molar-refractivity contribution in [3.05, 3.63) is 36.7 Å². The first kappa shape index (κ1) is 12.1. The SMILES string of the molecule is C=CC(=O)Nc1cc(F)cc(OC(F)F)c1. The maximum atomic E-state index is 12.9. The molecule has 0 spiro atoms. The van der Waals surface area contributed by atoms with E-state index in [0.717, 1.165) is 24.3 Å². The van der Waals surface area contributed by atoms with Crippen molar-refractivity contribution >= 4 is 11.6 Å². The molecular formula is C10H8F3NO2. The van der Waals surface area contributed by atoms with Crippen LogP contribution in [0.3, 0.4) is 0 Å². The van der Waals surface area contributed by atoms with Gasteiger partial charge >= 0.3 is 6.61 Å². The fraction of sp³-hybridized carbons (Fsp3) is 0.100. The summed E-state index contributed by atoms with van der Waals surface area (Å²) in [6.45, 7) is 0.142. The van der Waals surface area contributed by atoms with Crippen molar-refractivity contribution in [3.63, 3.8) is 0 Å². The Hall–Kier alpha value is -1.98. The summed E-state index contributed by atoms with van der Waals surface area (Å²) in [7, 11) is 0. The molecule has 1 aromatic carbocycles. The van der Waals surface area contributed by atoms with Crippen molar-refractivity contribution in [2.24, 2.45) is 0 Å². The van der Waals surface area contributed by atoms with Gasteiger partial charge in [0, 0.05) is 17.8 Å². The molecule has 1 rings (SSSR count). The average Bonchev–Trinajstić information content (AvgIpc) is 2.15. The van der Waals surface area contributed by atoms with Gasteiger partial charge in [-0.15, -0.1) is 0 Å². The van der Waals surface area contributed by atoms with E-state index in [0.29, 0.717) is 0 Å². The molecule has 86 valence electrons.